The SMILES string of the molecule is NC1CCCN(S(=O)(=O)c2ccc(C(F)(F)F)c(F)c2)C1. The monoisotopic (exact) mass is 326 g/mol. The van der Waals surface area contributed by atoms with Crippen molar-refractivity contribution in [1.29, 1.82) is 0 Å². The highest BCUT2D eigenvalue weighted by Crippen LogP contribution is 2.33. The van der Waals surface area contributed by atoms with E-state index in [0.29, 0.717) is 25.0 Å². The molecule has 1 aromatic rings. The Bertz CT molecular complexity index is 631. The van der Waals surface area contributed by atoms with Gasteiger partial charge in [0.05, 0.1) is 10.5 Å². The third-order valence-corrected chi connectivity index (χ3v) is 5.17. The molecule has 0 bridgehead atoms. The number of piperidine rings is 1. The summed E-state index contributed by atoms with van der Waals surface area (Å²) in [5.74, 6) is -1.61. The van der Waals surface area contributed by atoms with Crippen molar-refractivity contribution < 1.29 is 26.0 Å². The van der Waals surface area contributed by atoms with Crippen molar-refractivity contribution in [1.82, 2.24) is 4.31 Å². The lowest BCUT2D eigenvalue weighted by atomic mass is 10.1. The molecule has 1 aromatic carbocycles. The average molecular weight is 326 g/mol. The van der Waals surface area contributed by atoms with Crippen molar-refractivity contribution in [2.75, 3.05) is 13.1 Å². The quantitative estimate of drug-likeness (QED) is 0.845. The molecule has 0 aromatic heterocycles. The van der Waals surface area contributed by atoms with Crippen LogP contribution in [0.25, 0.3) is 0 Å². The average Bonchev–Trinajstić information content (AvgIpc) is 2.37. The summed E-state index contributed by atoms with van der Waals surface area (Å²) in [5.41, 5.74) is 4.19. The Morgan fingerprint density at radius 1 is 1.29 bits per heavy atom. The van der Waals surface area contributed by atoms with Crippen LogP contribution < -0.4 is 5.73 Å². The van der Waals surface area contributed by atoms with E-state index in [1.165, 1.54) is 0 Å². The van der Waals surface area contributed by atoms with Gasteiger partial charge in [0, 0.05) is 19.1 Å². The van der Waals surface area contributed by atoms with E-state index in [2.05, 4.69) is 0 Å². The minimum Gasteiger partial charge on any atom is -0.327 e. The van der Waals surface area contributed by atoms with Crippen LogP contribution in [0.5, 0.6) is 0 Å². The first-order chi connectivity index (χ1) is 9.62. The number of halogens is 4. The first-order valence-corrected chi connectivity index (χ1v) is 7.69. The standard InChI is InChI=1S/C12H14F4N2O2S/c13-11-6-9(3-4-10(11)12(14,15)16)21(19,20)18-5-1-2-8(17)7-18/h3-4,6,8H,1-2,5,7,17H2. The highest BCUT2D eigenvalue weighted by molar-refractivity contribution is 7.89. The van der Waals surface area contributed by atoms with Crippen LogP contribution in [0.15, 0.2) is 23.1 Å². The molecule has 0 aliphatic carbocycles. The number of hydrogen-bond donors (Lipinski definition) is 1. The number of hydrogen-bond acceptors (Lipinski definition) is 3. The summed E-state index contributed by atoms with van der Waals surface area (Å²) in [6.45, 7) is 0.295. The van der Waals surface area contributed by atoms with Crippen molar-refractivity contribution >= 4 is 10.0 Å². The second-order valence-electron chi connectivity index (χ2n) is 4.90. The second kappa shape index (κ2) is 5.54. The van der Waals surface area contributed by atoms with E-state index < -0.39 is 32.5 Å². The lowest BCUT2D eigenvalue weighted by Crippen LogP contribution is -2.45. The molecule has 1 aliphatic heterocycles. The highest BCUT2D eigenvalue weighted by atomic mass is 32.2. The summed E-state index contributed by atoms with van der Waals surface area (Å²) in [7, 11) is -4.03. The number of alkyl halides is 3. The first kappa shape index (κ1) is 16.2. The molecule has 4 nitrogen and oxygen atoms in total. The fourth-order valence-corrected chi connectivity index (χ4v) is 3.78. The van der Waals surface area contributed by atoms with Crippen molar-refractivity contribution in [3.8, 4) is 0 Å². The highest BCUT2D eigenvalue weighted by Gasteiger charge is 2.36. The zero-order valence-corrected chi connectivity index (χ0v) is 11.7. The maximum atomic E-state index is 13.5. The summed E-state index contributed by atoms with van der Waals surface area (Å²) in [4.78, 5) is -0.498. The van der Waals surface area contributed by atoms with Gasteiger partial charge in [-0.1, -0.05) is 0 Å². The summed E-state index contributed by atoms with van der Waals surface area (Å²) >= 11 is 0. The van der Waals surface area contributed by atoms with Crippen LogP contribution in [0, 0.1) is 5.82 Å². The van der Waals surface area contributed by atoms with Gasteiger partial charge in [0.1, 0.15) is 5.82 Å². The molecular weight excluding hydrogens is 312 g/mol. The number of rotatable bonds is 2. The molecule has 0 radical (unpaired) electrons. The normalized spacial score (nSPS) is 21.5. The molecule has 0 spiro atoms. The predicted molar refractivity (Wildman–Crippen MR) is 67.4 cm³/mol. The molecule has 0 amide bonds. The number of nitrogens with two attached hydrogens (primary N) is 1. The molecule has 0 saturated carbocycles. The van der Waals surface area contributed by atoms with Crippen molar-refractivity contribution in [2.45, 2.75) is 30.0 Å². The number of benzene rings is 1. The molecule has 1 unspecified atom stereocenters. The van der Waals surface area contributed by atoms with Gasteiger partial charge < -0.3 is 5.73 Å². The molecule has 1 saturated heterocycles. The zero-order chi connectivity index (χ0) is 15.8. The maximum absolute atomic E-state index is 13.5. The molecule has 1 fully saturated rings. The first-order valence-electron chi connectivity index (χ1n) is 6.25. The van der Waals surface area contributed by atoms with E-state index in [1.54, 1.807) is 0 Å². The predicted octanol–water partition coefficient (Wildman–Crippen LogP) is 1.96. The Morgan fingerprint density at radius 3 is 2.48 bits per heavy atom. The Labute approximate surface area is 119 Å². The Balaban J connectivity index is 2.35. The fraction of sp³-hybridized carbons (Fsp3) is 0.500. The van der Waals surface area contributed by atoms with Crippen LogP contribution in [0.4, 0.5) is 17.6 Å². The minimum atomic E-state index is -4.86. The summed E-state index contributed by atoms with van der Waals surface area (Å²) in [5, 5.41) is 0. The van der Waals surface area contributed by atoms with Crippen LogP contribution in [-0.4, -0.2) is 31.9 Å². The van der Waals surface area contributed by atoms with Gasteiger partial charge >= 0.3 is 6.18 Å². The zero-order valence-electron chi connectivity index (χ0n) is 10.9. The van der Waals surface area contributed by atoms with Gasteiger partial charge in [-0.15, -0.1) is 0 Å². The lowest BCUT2D eigenvalue weighted by molar-refractivity contribution is -0.140. The Hall–Kier alpha value is -1.19. The summed E-state index contributed by atoms with van der Waals surface area (Å²) < 4.78 is 76.5. The fourth-order valence-electron chi connectivity index (χ4n) is 2.23. The molecular formula is C12H14F4N2O2S. The molecule has 118 valence electrons. The maximum Gasteiger partial charge on any atom is 0.419 e. The largest absolute Gasteiger partial charge is 0.419 e. The van der Waals surface area contributed by atoms with Crippen LogP contribution in [0.3, 0.4) is 0 Å². The van der Waals surface area contributed by atoms with Gasteiger partial charge in [0.15, 0.2) is 0 Å². The second-order valence-corrected chi connectivity index (χ2v) is 6.84. The number of sulfonamides is 1. The lowest BCUT2D eigenvalue weighted by Gasteiger charge is -2.29. The topological polar surface area (TPSA) is 63.4 Å². The third kappa shape index (κ3) is 3.35. The van der Waals surface area contributed by atoms with Crippen LogP contribution in [0.2, 0.25) is 0 Å². The van der Waals surface area contributed by atoms with E-state index in [0.717, 1.165) is 10.4 Å². The molecule has 1 aliphatic rings. The molecule has 21 heavy (non-hydrogen) atoms. The van der Waals surface area contributed by atoms with E-state index >= 15 is 0 Å². The van der Waals surface area contributed by atoms with Gasteiger partial charge in [-0.2, -0.15) is 17.5 Å². The van der Waals surface area contributed by atoms with E-state index in [4.69, 9.17) is 5.73 Å². The van der Waals surface area contributed by atoms with Gasteiger partial charge in [-0.05, 0) is 31.0 Å². The minimum absolute atomic E-state index is 0.0744. The van der Waals surface area contributed by atoms with Gasteiger partial charge in [-0.25, -0.2) is 12.8 Å². The van der Waals surface area contributed by atoms with Crippen molar-refractivity contribution in [2.24, 2.45) is 5.73 Å². The Morgan fingerprint density at radius 2 is 1.95 bits per heavy atom. The number of nitrogens with zero attached hydrogens (tertiary/aromatic N) is 1. The van der Waals surface area contributed by atoms with Crippen molar-refractivity contribution in [3.05, 3.63) is 29.6 Å². The van der Waals surface area contributed by atoms with Gasteiger partial charge in [0.25, 0.3) is 0 Å². The van der Waals surface area contributed by atoms with Crippen LogP contribution in [-0.2, 0) is 16.2 Å². The van der Waals surface area contributed by atoms with E-state index in [-0.39, 0.29) is 19.1 Å². The van der Waals surface area contributed by atoms with Gasteiger partial charge in [0.2, 0.25) is 10.0 Å². The molecule has 2 N–H and O–H groups in total. The van der Waals surface area contributed by atoms with Crippen LogP contribution >= 0.6 is 0 Å². The van der Waals surface area contributed by atoms with E-state index in [9.17, 15) is 26.0 Å². The van der Waals surface area contributed by atoms with E-state index in [1.807, 2.05) is 0 Å². The summed E-state index contributed by atoms with van der Waals surface area (Å²) in [6.07, 6.45) is -3.63. The van der Waals surface area contributed by atoms with Crippen LogP contribution in [0.1, 0.15) is 18.4 Å². The summed E-state index contributed by atoms with van der Waals surface area (Å²) in [6, 6.07) is 1.28. The molecule has 2 rings (SSSR count). The van der Waals surface area contributed by atoms with Gasteiger partial charge in [-0.3, -0.25) is 0 Å². The molecule has 9 heteroatoms. The molecule has 1 atom stereocenters. The smallest absolute Gasteiger partial charge is 0.327 e. The third-order valence-electron chi connectivity index (χ3n) is 3.30. The molecule has 1 heterocycles. The van der Waals surface area contributed by atoms with Crippen molar-refractivity contribution in [3.63, 3.8) is 0 Å². The Kier molecular flexibility index (Phi) is 4.27.